The van der Waals surface area contributed by atoms with E-state index < -0.39 is 0 Å². The summed E-state index contributed by atoms with van der Waals surface area (Å²) in [6, 6.07) is 0. The van der Waals surface area contributed by atoms with Crippen LogP contribution in [0.4, 0.5) is 0 Å². The molecule has 0 aliphatic carbocycles. The van der Waals surface area contributed by atoms with Crippen molar-refractivity contribution in [1.82, 2.24) is 9.38 Å². The van der Waals surface area contributed by atoms with Gasteiger partial charge < -0.3 is 9.64 Å². The second kappa shape index (κ2) is 4.33. The standard InChI is InChI=1S/C10H12ClN3OS/c11-9-8(7-13-1-4-15-5-2-13)12-10-14(9)3-6-16-10/h3,6H,1-2,4-5,7H2/p+1. The number of ether oxygens (including phenoxy) is 1. The van der Waals surface area contributed by atoms with Gasteiger partial charge in [-0.2, -0.15) is 0 Å². The molecule has 0 aromatic carbocycles. The predicted molar refractivity (Wildman–Crippen MR) is 63.3 cm³/mol. The lowest BCUT2D eigenvalue weighted by atomic mass is 10.3. The van der Waals surface area contributed by atoms with Crippen molar-refractivity contribution in [1.29, 1.82) is 0 Å². The van der Waals surface area contributed by atoms with Gasteiger partial charge in [-0.25, -0.2) is 4.98 Å². The van der Waals surface area contributed by atoms with Gasteiger partial charge in [-0.15, -0.1) is 11.3 Å². The molecule has 2 aromatic heterocycles. The van der Waals surface area contributed by atoms with Crippen LogP contribution in [0.15, 0.2) is 11.6 Å². The Morgan fingerprint density at radius 2 is 2.31 bits per heavy atom. The Morgan fingerprint density at radius 3 is 3.06 bits per heavy atom. The van der Waals surface area contributed by atoms with E-state index in [1.165, 1.54) is 4.90 Å². The molecule has 1 N–H and O–H groups in total. The first-order valence-corrected chi connectivity index (χ1v) is 6.61. The summed E-state index contributed by atoms with van der Waals surface area (Å²) in [4.78, 5) is 7.03. The number of nitrogens with one attached hydrogen (secondary N) is 1. The highest BCUT2D eigenvalue weighted by Gasteiger charge is 2.19. The number of imidazole rings is 1. The molecule has 0 radical (unpaired) electrons. The maximum atomic E-state index is 6.28. The molecule has 86 valence electrons. The number of thiazole rings is 1. The van der Waals surface area contributed by atoms with Crippen LogP contribution in [0, 0.1) is 0 Å². The first-order valence-electron chi connectivity index (χ1n) is 5.36. The van der Waals surface area contributed by atoms with Crippen molar-refractivity contribution in [2.75, 3.05) is 26.3 Å². The third-order valence-corrected chi connectivity index (χ3v) is 4.04. The van der Waals surface area contributed by atoms with Gasteiger partial charge in [0, 0.05) is 11.6 Å². The number of quaternary nitrogens is 1. The van der Waals surface area contributed by atoms with Gasteiger partial charge in [0.2, 0.25) is 0 Å². The zero-order valence-corrected chi connectivity index (χ0v) is 10.4. The van der Waals surface area contributed by atoms with Crippen LogP contribution in [-0.4, -0.2) is 35.7 Å². The van der Waals surface area contributed by atoms with Crippen molar-refractivity contribution < 1.29 is 9.64 Å². The van der Waals surface area contributed by atoms with Gasteiger partial charge in [-0.3, -0.25) is 4.40 Å². The van der Waals surface area contributed by atoms with Gasteiger partial charge in [0.1, 0.15) is 30.5 Å². The first kappa shape index (κ1) is 10.5. The second-order valence-electron chi connectivity index (χ2n) is 3.94. The minimum absolute atomic E-state index is 0.759. The number of rotatable bonds is 2. The number of hydrogen-bond acceptors (Lipinski definition) is 3. The predicted octanol–water partition coefficient (Wildman–Crippen LogP) is 0.464. The largest absolute Gasteiger partial charge is 0.370 e. The fourth-order valence-electron chi connectivity index (χ4n) is 1.99. The van der Waals surface area contributed by atoms with E-state index in [2.05, 4.69) is 4.98 Å². The molecule has 1 aliphatic heterocycles. The van der Waals surface area contributed by atoms with Crippen molar-refractivity contribution in [2.45, 2.75) is 6.54 Å². The molecule has 3 heterocycles. The maximum absolute atomic E-state index is 6.28. The van der Waals surface area contributed by atoms with Gasteiger partial charge in [0.05, 0.1) is 13.2 Å². The number of aromatic nitrogens is 2. The molecular formula is C10H13ClN3OS+. The van der Waals surface area contributed by atoms with E-state index in [1.54, 1.807) is 11.3 Å². The van der Waals surface area contributed by atoms with Crippen molar-refractivity contribution in [2.24, 2.45) is 0 Å². The zero-order valence-electron chi connectivity index (χ0n) is 8.78. The monoisotopic (exact) mass is 258 g/mol. The fraction of sp³-hybridized carbons (Fsp3) is 0.500. The molecule has 0 bridgehead atoms. The van der Waals surface area contributed by atoms with Crippen LogP contribution in [-0.2, 0) is 11.3 Å². The lowest BCUT2D eigenvalue weighted by molar-refractivity contribution is -0.921. The Labute approximate surface area is 102 Å². The lowest BCUT2D eigenvalue weighted by Crippen LogP contribution is -3.12. The van der Waals surface area contributed by atoms with Crippen molar-refractivity contribution in [3.05, 3.63) is 22.4 Å². The molecule has 2 aromatic rings. The Hall–Kier alpha value is -0.620. The number of fused-ring (bicyclic) bond motifs is 1. The second-order valence-corrected chi connectivity index (χ2v) is 5.18. The van der Waals surface area contributed by atoms with Gasteiger partial charge >= 0.3 is 0 Å². The summed E-state index contributed by atoms with van der Waals surface area (Å²) in [5, 5.41) is 2.76. The van der Waals surface area contributed by atoms with E-state index in [0.29, 0.717) is 0 Å². The average Bonchev–Trinajstić information content (AvgIpc) is 2.86. The third-order valence-electron chi connectivity index (χ3n) is 2.89. The normalized spacial score (nSPS) is 18.3. The first-order chi connectivity index (χ1) is 7.84. The molecule has 1 saturated heterocycles. The maximum Gasteiger partial charge on any atom is 0.195 e. The molecule has 6 heteroatoms. The highest BCUT2D eigenvalue weighted by Crippen LogP contribution is 2.20. The summed E-state index contributed by atoms with van der Waals surface area (Å²) in [6.07, 6.45) is 1.97. The summed E-state index contributed by atoms with van der Waals surface area (Å²) in [5.41, 5.74) is 1.01. The molecule has 0 saturated carbocycles. The summed E-state index contributed by atoms with van der Waals surface area (Å²) in [7, 11) is 0. The van der Waals surface area contributed by atoms with Gasteiger partial charge in [0.15, 0.2) is 4.96 Å². The molecule has 0 atom stereocenters. The summed E-state index contributed by atoms with van der Waals surface area (Å²) >= 11 is 7.90. The Bertz CT molecular complexity index is 489. The topological polar surface area (TPSA) is 31.0 Å². The van der Waals surface area contributed by atoms with Crippen LogP contribution in [0.1, 0.15) is 5.69 Å². The minimum Gasteiger partial charge on any atom is -0.370 e. The van der Waals surface area contributed by atoms with Crippen LogP contribution in [0.2, 0.25) is 5.15 Å². The van der Waals surface area contributed by atoms with Crippen molar-refractivity contribution >= 4 is 27.9 Å². The van der Waals surface area contributed by atoms with Crippen LogP contribution >= 0.6 is 22.9 Å². The van der Waals surface area contributed by atoms with Gasteiger partial charge in [-0.1, -0.05) is 11.6 Å². The summed E-state index contributed by atoms with van der Waals surface area (Å²) in [6.45, 7) is 4.67. The van der Waals surface area contributed by atoms with E-state index in [-0.39, 0.29) is 0 Å². The van der Waals surface area contributed by atoms with Crippen LogP contribution in [0.5, 0.6) is 0 Å². The molecule has 0 unspecified atom stereocenters. The minimum atomic E-state index is 0.759. The van der Waals surface area contributed by atoms with E-state index in [1.807, 2.05) is 16.0 Å². The number of morpholine rings is 1. The Kier molecular flexibility index (Phi) is 2.85. The number of hydrogen-bond donors (Lipinski definition) is 1. The Morgan fingerprint density at radius 1 is 1.50 bits per heavy atom. The Balaban J connectivity index is 1.82. The molecule has 0 amide bonds. The highest BCUT2D eigenvalue weighted by atomic mass is 35.5. The third kappa shape index (κ3) is 1.84. The SMILES string of the molecule is Clc1c(C[NH+]2CCOCC2)nc2sccn12. The average molecular weight is 259 g/mol. The quantitative estimate of drug-likeness (QED) is 0.849. The molecule has 1 aliphatic rings. The molecule has 1 fully saturated rings. The molecular weight excluding hydrogens is 246 g/mol. The highest BCUT2D eigenvalue weighted by molar-refractivity contribution is 7.15. The summed E-state index contributed by atoms with van der Waals surface area (Å²) in [5.74, 6) is 0. The van der Waals surface area contributed by atoms with E-state index >= 15 is 0 Å². The number of nitrogens with zero attached hydrogens (tertiary/aromatic N) is 2. The van der Waals surface area contributed by atoms with Crippen LogP contribution in [0.3, 0.4) is 0 Å². The van der Waals surface area contributed by atoms with Gasteiger partial charge in [0.25, 0.3) is 0 Å². The molecule has 16 heavy (non-hydrogen) atoms. The van der Waals surface area contributed by atoms with E-state index in [4.69, 9.17) is 16.3 Å². The zero-order chi connectivity index (χ0) is 11.0. The van der Waals surface area contributed by atoms with Crippen LogP contribution < -0.4 is 4.90 Å². The van der Waals surface area contributed by atoms with Crippen LogP contribution in [0.25, 0.3) is 4.96 Å². The number of halogens is 1. The fourth-order valence-corrected chi connectivity index (χ4v) is 3.02. The summed E-state index contributed by atoms with van der Waals surface area (Å²) < 4.78 is 7.28. The smallest absolute Gasteiger partial charge is 0.195 e. The molecule has 4 nitrogen and oxygen atoms in total. The lowest BCUT2D eigenvalue weighted by Gasteiger charge is -2.22. The van der Waals surface area contributed by atoms with E-state index in [9.17, 15) is 0 Å². The van der Waals surface area contributed by atoms with Gasteiger partial charge in [-0.05, 0) is 0 Å². The van der Waals surface area contributed by atoms with E-state index in [0.717, 1.165) is 48.7 Å². The molecule has 0 spiro atoms. The van der Waals surface area contributed by atoms with Crippen molar-refractivity contribution in [3.8, 4) is 0 Å². The molecule has 3 rings (SSSR count). The van der Waals surface area contributed by atoms with Crippen molar-refractivity contribution in [3.63, 3.8) is 0 Å².